The number of hydrogen-bond donors (Lipinski definition) is 1. The minimum absolute atomic E-state index is 0.00470. The van der Waals surface area contributed by atoms with Gasteiger partial charge in [-0.1, -0.05) is 0 Å². The van der Waals surface area contributed by atoms with E-state index in [2.05, 4.69) is 0 Å². The van der Waals surface area contributed by atoms with Crippen LogP contribution in [0.1, 0.15) is 11.1 Å². The first-order valence-electron chi connectivity index (χ1n) is 3.94. The van der Waals surface area contributed by atoms with Crippen LogP contribution in [0.5, 0.6) is 0 Å². The second-order valence-corrected chi connectivity index (χ2v) is 5.70. The summed E-state index contributed by atoms with van der Waals surface area (Å²) in [4.78, 5) is -0.293. The fourth-order valence-corrected chi connectivity index (χ4v) is 3.24. The van der Waals surface area contributed by atoms with E-state index in [-0.39, 0.29) is 14.0 Å². The minimum atomic E-state index is -4.50. The summed E-state index contributed by atoms with van der Waals surface area (Å²) < 4.78 is 59.5. The monoisotopic (exact) mass is 365 g/mol. The van der Waals surface area contributed by atoms with Gasteiger partial charge >= 0.3 is 6.18 Å². The van der Waals surface area contributed by atoms with Crippen molar-refractivity contribution in [1.29, 1.82) is 0 Å². The van der Waals surface area contributed by atoms with Gasteiger partial charge < -0.3 is 0 Å². The largest absolute Gasteiger partial charge is 0.416 e. The maximum Gasteiger partial charge on any atom is 0.416 e. The molecule has 0 atom stereocenters. The van der Waals surface area contributed by atoms with Gasteiger partial charge in [-0.05, 0) is 47.2 Å². The molecule has 3 nitrogen and oxygen atoms in total. The number of benzene rings is 1. The summed E-state index contributed by atoms with van der Waals surface area (Å²) in [6.45, 7) is 1.21. The summed E-state index contributed by atoms with van der Waals surface area (Å²) in [7, 11) is -3.99. The van der Waals surface area contributed by atoms with E-state index in [4.69, 9.17) is 5.14 Å². The molecular weight excluding hydrogens is 358 g/mol. The second kappa shape index (κ2) is 4.15. The Morgan fingerprint density at radius 3 is 2.19 bits per heavy atom. The summed E-state index contributed by atoms with van der Waals surface area (Å²) in [5, 5.41) is 4.87. The Labute approximate surface area is 104 Å². The van der Waals surface area contributed by atoms with Crippen LogP contribution in [0.25, 0.3) is 0 Å². The standard InChI is InChI=1S/C8H7F3INO2S/c1-4-5(8(9,10)11)2-3-6(7(4)12)16(13,14)15/h2-3H,1H3,(H2,13,14,15). The van der Waals surface area contributed by atoms with Gasteiger partial charge in [-0.3, -0.25) is 0 Å². The van der Waals surface area contributed by atoms with Crippen molar-refractivity contribution in [2.75, 3.05) is 0 Å². The van der Waals surface area contributed by atoms with E-state index < -0.39 is 21.8 Å². The van der Waals surface area contributed by atoms with Crippen LogP contribution in [0.15, 0.2) is 17.0 Å². The summed E-state index contributed by atoms with van der Waals surface area (Å²) >= 11 is 1.54. The van der Waals surface area contributed by atoms with Crippen LogP contribution in [0.2, 0.25) is 0 Å². The van der Waals surface area contributed by atoms with Gasteiger partial charge in [0.25, 0.3) is 0 Å². The van der Waals surface area contributed by atoms with Crippen molar-refractivity contribution in [3.63, 3.8) is 0 Å². The van der Waals surface area contributed by atoms with E-state index in [1.807, 2.05) is 0 Å². The van der Waals surface area contributed by atoms with Gasteiger partial charge in [-0.15, -0.1) is 0 Å². The molecule has 0 aromatic heterocycles. The first kappa shape index (κ1) is 13.7. The van der Waals surface area contributed by atoms with E-state index in [0.29, 0.717) is 0 Å². The highest BCUT2D eigenvalue weighted by Gasteiger charge is 2.34. The number of halogens is 4. The van der Waals surface area contributed by atoms with Gasteiger partial charge in [-0.2, -0.15) is 13.2 Å². The number of rotatable bonds is 1. The van der Waals surface area contributed by atoms with Gasteiger partial charge in [0.1, 0.15) is 0 Å². The first-order valence-corrected chi connectivity index (χ1v) is 6.56. The molecule has 0 aliphatic rings. The van der Waals surface area contributed by atoms with Crippen LogP contribution in [-0.4, -0.2) is 8.42 Å². The molecule has 0 amide bonds. The van der Waals surface area contributed by atoms with Crippen LogP contribution < -0.4 is 5.14 Å². The molecule has 0 aliphatic carbocycles. The van der Waals surface area contributed by atoms with Crippen molar-refractivity contribution in [3.05, 3.63) is 26.8 Å². The molecule has 0 bridgehead atoms. The van der Waals surface area contributed by atoms with Crippen LogP contribution >= 0.6 is 22.6 Å². The maximum absolute atomic E-state index is 12.5. The lowest BCUT2D eigenvalue weighted by molar-refractivity contribution is -0.138. The maximum atomic E-state index is 12.5. The average molecular weight is 365 g/mol. The SMILES string of the molecule is Cc1c(C(F)(F)F)ccc(S(N)(=O)=O)c1I. The van der Waals surface area contributed by atoms with E-state index in [1.165, 1.54) is 29.5 Å². The summed E-state index contributed by atoms with van der Waals surface area (Å²) in [5.74, 6) is 0. The molecule has 90 valence electrons. The van der Waals surface area contributed by atoms with Crippen LogP contribution in [-0.2, 0) is 16.2 Å². The number of primary sulfonamides is 1. The number of sulfonamides is 1. The fraction of sp³-hybridized carbons (Fsp3) is 0.250. The lowest BCUT2D eigenvalue weighted by Gasteiger charge is -2.13. The zero-order valence-electron chi connectivity index (χ0n) is 7.97. The molecule has 8 heteroatoms. The Kier molecular flexibility index (Phi) is 3.56. The molecule has 0 unspecified atom stereocenters. The lowest BCUT2D eigenvalue weighted by atomic mass is 10.1. The van der Waals surface area contributed by atoms with Gasteiger partial charge in [-0.25, -0.2) is 13.6 Å². The Morgan fingerprint density at radius 2 is 1.81 bits per heavy atom. The predicted octanol–water partition coefficient (Wildman–Crippen LogP) is 2.27. The van der Waals surface area contributed by atoms with Crippen molar-refractivity contribution >= 4 is 32.6 Å². The minimum Gasteiger partial charge on any atom is -0.225 e. The Bertz CT molecular complexity index is 525. The van der Waals surface area contributed by atoms with Crippen molar-refractivity contribution in [2.24, 2.45) is 5.14 Å². The van der Waals surface area contributed by atoms with E-state index in [0.717, 1.165) is 12.1 Å². The zero-order valence-corrected chi connectivity index (χ0v) is 10.9. The molecule has 1 aromatic carbocycles. The van der Waals surface area contributed by atoms with E-state index >= 15 is 0 Å². The molecule has 0 saturated carbocycles. The Balaban J connectivity index is 3.54. The van der Waals surface area contributed by atoms with Crippen LogP contribution in [0.4, 0.5) is 13.2 Å². The fourth-order valence-electron chi connectivity index (χ4n) is 1.19. The van der Waals surface area contributed by atoms with Gasteiger partial charge in [0.15, 0.2) is 0 Å². The highest BCUT2D eigenvalue weighted by Crippen LogP contribution is 2.35. The summed E-state index contributed by atoms with van der Waals surface area (Å²) in [5.41, 5.74) is -0.996. The third-order valence-corrected chi connectivity index (χ3v) is 4.67. The van der Waals surface area contributed by atoms with Gasteiger partial charge in [0, 0.05) is 3.57 Å². The van der Waals surface area contributed by atoms with Gasteiger partial charge in [0.2, 0.25) is 10.0 Å². The quantitative estimate of drug-likeness (QED) is 0.777. The van der Waals surface area contributed by atoms with E-state index in [1.54, 1.807) is 0 Å². The molecule has 2 N–H and O–H groups in total. The smallest absolute Gasteiger partial charge is 0.225 e. The second-order valence-electron chi connectivity index (χ2n) is 3.09. The first-order chi connectivity index (χ1) is 7.05. The van der Waals surface area contributed by atoms with Crippen molar-refractivity contribution in [3.8, 4) is 0 Å². The van der Waals surface area contributed by atoms with Crippen molar-refractivity contribution in [2.45, 2.75) is 18.0 Å². The van der Waals surface area contributed by atoms with E-state index in [9.17, 15) is 21.6 Å². The molecule has 0 saturated heterocycles. The molecule has 0 aliphatic heterocycles. The summed E-state index contributed by atoms with van der Waals surface area (Å²) in [6.07, 6.45) is -4.50. The molecule has 16 heavy (non-hydrogen) atoms. The van der Waals surface area contributed by atoms with Crippen molar-refractivity contribution < 1.29 is 21.6 Å². The third kappa shape index (κ3) is 2.66. The molecule has 1 aromatic rings. The number of nitrogens with two attached hydrogens (primary N) is 1. The van der Waals surface area contributed by atoms with Gasteiger partial charge in [0.05, 0.1) is 10.5 Å². The summed E-state index contributed by atoms with van der Waals surface area (Å²) in [6, 6.07) is 1.59. The van der Waals surface area contributed by atoms with Crippen LogP contribution in [0.3, 0.4) is 0 Å². The average Bonchev–Trinajstić information content (AvgIpc) is 2.05. The molecule has 0 radical (unpaired) electrons. The highest BCUT2D eigenvalue weighted by atomic mass is 127. The van der Waals surface area contributed by atoms with Crippen LogP contribution in [0, 0.1) is 10.5 Å². The molecule has 1 rings (SSSR count). The number of alkyl halides is 3. The third-order valence-electron chi connectivity index (χ3n) is 1.96. The molecular formula is C8H7F3INO2S. The predicted molar refractivity (Wildman–Crippen MR) is 60.3 cm³/mol. The lowest BCUT2D eigenvalue weighted by Crippen LogP contribution is -2.16. The molecule has 0 fully saturated rings. The highest BCUT2D eigenvalue weighted by molar-refractivity contribution is 14.1. The Morgan fingerprint density at radius 1 is 1.31 bits per heavy atom. The number of hydrogen-bond acceptors (Lipinski definition) is 2. The topological polar surface area (TPSA) is 60.2 Å². The van der Waals surface area contributed by atoms with Crippen molar-refractivity contribution in [1.82, 2.24) is 0 Å². The molecule has 0 spiro atoms. The molecule has 0 heterocycles. The Hall–Kier alpha value is -0.350. The normalized spacial score (nSPS) is 12.9. The zero-order chi connectivity index (χ0) is 12.7.